The van der Waals surface area contributed by atoms with E-state index >= 15 is 0 Å². The van der Waals surface area contributed by atoms with Gasteiger partial charge in [0.05, 0.1) is 18.9 Å². The van der Waals surface area contributed by atoms with Gasteiger partial charge in [-0.1, -0.05) is 67.6 Å². The zero-order chi connectivity index (χ0) is 33.9. The number of hydrogen-bond donors (Lipinski definition) is 3. The number of benzene rings is 3. The second-order valence-electron chi connectivity index (χ2n) is 12.2. The molecule has 2 heterocycles. The molecule has 1 aliphatic heterocycles. The number of aromatic amines is 1. The molecule has 5 rings (SSSR count). The fourth-order valence-corrected chi connectivity index (χ4v) is 6.41. The second kappa shape index (κ2) is 16.0. The van der Waals surface area contributed by atoms with Crippen molar-refractivity contribution in [2.75, 3.05) is 20.2 Å². The van der Waals surface area contributed by atoms with Gasteiger partial charge in [0.25, 0.3) is 5.91 Å². The van der Waals surface area contributed by atoms with Gasteiger partial charge in [0.15, 0.2) is 0 Å². The highest BCUT2D eigenvalue weighted by Crippen LogP contribution is 2.38. The third-order valence-electron chi connectivity index (χ3n) is 9.12. The third-order valence-corrected chi connectivity index (χ3v) is 9.12. The van der Waals surface area contributed by atoms with E-state index in [2.05, 4.69) is 20.6 Å². The minimum atomic E-state index is -0.983. The molecule has 0 radical (unpaired) electrons. The number of hydrogen-bond acceptors (Lipinski definition) is 6. The first-order valence-electron chi connectivity index (χ1n) is 16.5. The molecule has 0 aliphatic carbocycles. The minimum absolute atomic E-state index is 0.150. The predicted molar refractivity (Wildman–Crippen MR) is 182 cm³/mol. The Morgan fingerprint density at radius 3 is 2.15 bits per heavy atom. The number of nitrogens with zero attached hydrogens (tertiary/aromatic N) is 2. The molecule has 250 valence electrons. The summed E-state index contributed by atoms with van der Waals surface area (Å²) < 4.78 is 5.31. The summed E-state index contributed by atoms with van der Waals surface area (Å²) in [6.07, 6.45) is 5.72. The van der Waals surface area contributed by atoms with Crippen molar-refractivity contribution < 1.29 is 23.9 Å². The van der Waals surface area contributed by atoms with Crippen LogP contribution in [0.3, 0.4) is 0 Å². The molecule has 10 heteroatoms. The van der Waals surface area contributed by atoms with Crippen molar-refractivity contribution in [1.29, 1.82) is 0 Å². The number of ketones is 1. The monoisotopic (exact) mass is 649 g/mol. The number of methoxy groups -OCH3 is 1. The molecule has 10 nitrogen and oxygen atoms in total. The van der Waals surface area contributed by atoms with Gasteiger partial charge >= 0.3 is 0 Å². The Morgan fingerprint density at radius 2 is 1.54 bits per heavy atom. The topological polar surface area (TPSA) is 133 Å². The normalized spacial score (nSPS) is 15.2. The van der Waals surface area contributed by atoms with Crippen LogP contribution in [-0.2, 0) is 32.6 Å². The lowest BCUT2D eigenvalue weighted by Crippen LogP contribution is -2.58. The van der Waals surface area contributed by atoms with E-state index in [1.54, 1.807) is 42.5 Å². The first-order valence-corrected chi connectivity index (χ1v) is 16.5. The number of carbonyl (C=O) groups excluding carboxylic acids is 4. The van der Waals surface area contributed by atoms with Crippen LogP contribution in [0, 0.1) is 0 Å². The molecular formula is C38H43N5O5. The van der Waals surface area contributed by atoms with Crippen LogP contribution in [-0.4, -0.2) is 70.7 Å². The number of ether oxygens (including phenoxy) is 1. The van der Waals surface area contributed by atoms with Crippen LogP contribution >= 0.6 is 0 Å². The van der Waals surface area contributed by atoms with Crippen molar-refractivity contribution in [3.05, 3.63) is 120 Å². The van der Waals surface area contributed by atoms with E-state index in [0.717, 1.165) is 17.5 Å². The highest BCUT2D eigenvalue weighted by Gasteiger charge is 2.43. The van der Waals surface area contributed by atoms with Crippen molar-refractivity contribution in [2.45, 2.75) is 62.9 Å². The lowest BCUT2D eigenvalue weighted by atomic mass is 9.68. The van der Waals surface area contributed by atoms with Crippen LogP contribution in [0.5, 0.6) is 5.75 Å². The highest BCUT2D eigenvalue weighted by molar-refractivity contribution is 5.98. The Bertz CT molecular complexity index is 1650. The lowest BCUT2D eigenvalue weighted by molar-refractivity contribution is -0.140. The first kappa shape index (κ1) is 34.1. The molecule has 3 N–H and O–H groups in total. The van der Waals surface area contributed by atoms with Crippen molar-refractivity contribution in [3.8, 4) is 5.75 Å². The molecule has 1 aromatic heterocycles. The van der Waals surface area contributed by atoms with Gasteiger partial charge in [-0.2, -0.15) is 0 Å². The van der Waals surface area contributed by atoms with Crippen LogP contribution in [0.1, 0.15) is 59.8 Å². The molecule has 3 amide bonds. The van der Waals surface area contributed by atoms with Crippen LogP contribution < -0.4 is 15.4 Å². The fourth-order valence-electron chi connectivity index (χ4n) is 6.41. The lowest BCUT2D eigenvalue weighted by Gasteiger charge is -2.42. The van der Waals surface area contributed by atoms with E-state index in [9.17, 15) is 19.2 Å². The van der Waals surface area contributed by atoms with E-state index in [1.807, 2.05) is 67.6 Å². The maximum atomic E-state index is 14.3. The maximum absolute atomic E-state index is 14.3. The third kappa shape index (κ3) is 8.17. The van der Waals surface area contributed by atoms with E-state index < -0.39 is 29.3 Å². The number of amides is 3. The SMILES string of the molecule is CCCC(=O)C1(c2ccccc2)CCN(C(=O)[C@@H](Cc2ccc(OC)cc2)NC(=O)[C@H](Cc2cnc[nH]2)NC(=O)c2ccccc2)CC1. The molecule has 1 aliphatic rings. The number of nitrogens with one attached hydrogen (secondary N) is 3. The van der Waals surface area contributed by atoms with Gasteiger partial charge in [-0.25, -0.2) is 4.98 Å². The first-order chi connectivity index (χ1) is 23.3. The van der Waals surface area contributed by atoms with Gasteiger partial charge in [-0.3, -0.25) is 19.2 Å². The van der Waals surface area contributed by atoms with Crippen LogP contribution in [0.4, 0.5) is 0 Å². The fraction of sp³-hybridized carbons (Fsp3) is 0.342. The van der Waals surface area contributed by atoms with Gasteiger partial charge in [-0.05, 0) is 54.7 Å². The maximum Gasteiger partial charge on any atom is 0.251 e. The number of carbonyl (C=O) groups is 4. The Morgan fingerprint density at radius 1 is 0.875 bits per heavy atom. The molecule has 3 aromatic carbocycles. The van der Waals surface area contributed by atoms with Crippen molar-refractivity contribution in [1.82, 2.24) is 25.5 Å². The summed E-state index contributed by atoms with van der Waals surface area (Å²) in [7, 11) is 1.59. The van der Waals surface area contributed by atoms with E-state index in [1.165, 1.54) is 6.33 Å². The van der Waals surface area contributed by atoms with Crippen molar-refractivity contribution in [3.63, 3.8) is 0 Å². The van der Waals surface area contributed by atoms with E-state index in [-0.39, 0.29) is 24.5 Å². The summed E-state index contributed by atoms with van der Waals surface area (Å²) in [5.74, 6) is -0.257. The molecule has 48 heavy (non-hydrogen) atoms. The number of rotatable bonds is 14. The predicted octanol–water partition coefficient (Wildman–Crippen LogP) is 4.42. The molecule has 0 bridgehead atoms. The Labute approximate surface area is 281 Å². The summed E-state index contributed by atoms with van der Waals surface area (Å²) in [5.41, 5.74) is 2.24. The van der Waals surface area contributed by atoms with E-state index in [0.29, 0.717) is 49.4 Å². The zero-order valence-corrected chi connectivity index (χ0v) is 27.5. The molecule has 0 saturated carbocycles. The standard InChI is InChI=1S/C38H43N5O5/c1-3-10-34(44)38(29-13-8-5-9-14-29)19-21-43(22-20-38)37(47)33(23-27-15-17-31(48-2)18-16-27)42-36(46)32(24-30-25-39-26-40-30)41-35(45)28-11-6-4-7-12-28/h4-9,11-18,25-26,32-33H,3,10,19-24H2,1-2H3,(H,39,40)(H,41,45)(H,42,46)/t32-,33+/m0/s1. The molecule has 1 fully saturated rings. The smallest absolute Gasteiger partial charge is 0.251 e. The van der Waals surface area contributed by atoms with Gasteiger partial charge in [0, 0.05) is 49.8 Å². The number of aromatic nitrogens is 2. The minimum Gasteiger partial charge on any atom is -0.497 e. The Kier molecular flexibility index (Phi) is 11.4. The van der Waals surface area contributed by atoms with Gasteiger partial charge in [-0.15, -0.1) is 0 Å². The summed E-state index contributed by atoms with van der Waals surface area (Å²) in [6.45, 7) is 2.75. The summed E-state index contributed by atoms with van der Waals surface area (Å²) in [4.78, 5) is 63.8. The molecule has 2 atom stereocenters. The zero-order valence-electron chi connectivity index (χ0n) is 27.5. The summed E-state index contributed by atoms with van der Waals surface area (Å²) in [5, 5.41) is 5.83. The quantitative estimate of drug-likeness (QED) is 0.185. The summed E-state index contributed by atoms with van der Waals surface area (Å²) in [6, 6.07) is 24.0. The number of H-pyrrole nitrogens is 1. The van der Waals surface area contributed by atoms with Gasteiger partial charge < -0.3 is 25.3 Å². The number of imidazole rings is 1. The molecular weight excluding hydrogens is 606 g/mol. The number of piperidine rings is 1. The van der Waals surface area contributed by atoms with Crippen LogP contribution in [0.15, 0.2) is 97.5 Å². The average Bonchev–Trinajstić information content (AvgIpc) is 3.65. The number of Topliss-reactive ketones (excluding diaryl/α,β-unsaturated/α-hetero) is 1. The van der Waals surface area contributed by atoms with Gasteiger partial charge in [0.2, 0.25) is 11.8 Å². The van der Waals surface area contributed by atoms with E-state index in [4.69, 9.17) is 4.74 Å². The molecule has 0 unspecified atom stereocenters. The molecule has 0 spiro atoms. The largest absolute Gasteiger partial charge is 0.497 e. The van der Waals surface area contributed by atoms with Crippen LogP contribution in [0.2, 0.25) is 0 Å². The highest BCUT2D eigenvalue weighted by atomic mass is 16.5. The van der Waals surface area contributed by atoms with Crippen LogP contribution in [0.25, 0.3) is 0 Å². The average molecular weight is 650 g/mol. The molecule has 1 saturated heterocycles. The van der Waals surface area contributed by atoms with Crippen molar-refractivity contribution in [2.24, 2.45) is 0 Å². The summed E-state index contributed by atoms with van der Waals surface area (Å²) >= 11 is 0. The van der Waals surface area contributed by atoms with Crippen molar-refractivity contribution >= 4 is 23.5 Å². The molecule has 4 aromatic rings. The second-order valence-corrected chi connectivity index (χ2v) is 12.2. The Hall–Kier alpha value is -5.25. The Balaban J connectivity index is 1.38. The van der Waals surface area contributed by atoms with Gasteiger partial charge in [0.1, 0.15) is 23.6 Å². The number of likely N-dealkylation sites (tertiary alicyclic amines) is 1.